The molecule has 0 fully saturated rings. The van der Waals surface area contributed by atoms with E-state index in [1.807, 2.05) is 6.92 Å². The number of nitrogens with two attached hydrogens (primary N) is 1. The Kier molecular flexibility index (Phi) is 3.28. The number of nitrogens with zero attached hydrogens (tertiary/aromatic N) is 3. The van der Waals surface area contributed by atoms with Gasteiger partial charge in [-0.1, -0.05) is 11.8 Å². The molecule has 96 valence electrons. The zero-order chi connectivity index (χ0) is 13.3. The molecule has 0 radical (unpaired) electrons. The molecule has 0 aromatic carbocycles. The normalized spacial score (nSPS) is 12.6. The van der Waals surface area contributed by atoms with Crippen LogP contribution in [-0.4, -0.2) is 25.8 Å². The number of hydrogen-bond donors (Lipinski definition) is 2. The van der Waals surface area contributed by atoms with Gasteiger partial charge in [-0.3, -0.25) is 4.57 Å². The first-order valence-corrected chi connectivity index (χ1v) is 6.01. The number of anilines is 1. The molecule has 3 N–H and O–H groups in total. The topological polar surface area (TPSA) is 107 Å². The second kappa shape index (κ2) is 4.73. The average molecular weight is 268 g/mol. The van der Waals surface area contributed by atoms with Crippen molar-refractivity contribution in [3.8, 4) is 0 Å². The predicted octanol–water partition coefficient (Wildman–Crippen LogP) is 1.54. The van der Waals surface area contributed by atoms with Crippen LogP contribution < -0.4 is 5.73 Å². The summed E-state index contributed by atoms with van der Waals surface area (Å²) < 4.78 is 6.87. The van der Waals surface area contributed by atoms with Crippen LogP contribution >= 0.6 is 11.8 Å². The second-order valence-electron chi connectivity index (χ2n) is 3.67. The summed E-state index contributed by atoms with van der Waals surface area (Å²) in [7, 11) is 1.76. The molecule has 2 aromatic rings. The smallest absolute Gasteiger partial charge is 0.371 e. The van der Waals surface area contributed by atoms with Crippen molar-refractivity contribution in [2.24, 2.45) is 7.05 Å². The van der Waals surface area contributed by atoms with Gasteiger partial charge in [-0.05, 0) is 19.1 Å². The summed E-state index contributed by atoms with van der Waals surface area (Å²) in [6.45, 7) is 1.89. The minimum atomic E-state index is -1.08. The number of carboxylic acids is 1. The lowest BCUT2D eigenvalue weighted by molar-refractivity contribution is 0.0660. The zero-order valence-electron chi connectivity index (χ0n) is 9.82. The second-order valence-corrected chi connectivity index (χ2v) is 4.97. The quantitative estimate of drug-likeness (QED) is 0.810. The van der Waals surface area contributed by atoms with Gasteiger partial charge in [0, 0.05) is 7.05 Å². The molecule has 0 aliphatic carbocycles. The van der Waals surface area contributed by atoms with Gasteiger partial charge in [-0.25, -0.2) is 4.79 Å². The van der Waals surface area contributed by atoms with Gasteiger partial charge in [0.15, 0.2) is 5.16 Å². The molecular formula is C10H12N4O3S. The first-order valence-electron chi connectivity index (χ1n) is 5.13. The Morgan fingerprint density at radius 3 is 2.78 bits per heavy atom. The number of thioether (sulfide) groups is 1. The molecule has 18 heavy (non-hydrogen) atoms. The highest BCUT2D eigenvalue weighted by atomic mass is 32.2. The summed E-state index contributed by atoms with van der Waals surface area (Å²) in [4.78, 5) is 10.7. The molecule has 1 unspecified atom stereocenters. The number of hydrogen-bond acceptors (Lipinski definition) is 6. The Bertz CT molecular complexity index is 577. The van der Waals surface area contributed by atoms with Crippen molar-refractivity contribution in [2.75, 3.05) is 5.73 Å². The van der Waals surface area contributed by atoms with Crippen LogP contribution in [0, 0.1) is 0 Å². The van der Waals surface area contributed by atoms with Crippen molar-refractivity contribution < 1.29 is 14.3 Å². The van der Waals surface area contributed by atoms with Crippen molar-refractivity contribution in [2.45, 2.75) is 17.3 Å². The molecule has 2 aromatic heterocycles. The highest BCUT2D eigenvalue weighted by molar-refractivity contribution is 7.99. The Labute approximate surface area is 107 Å². The van der Waals surface area contributed by atoms with Crippen LogP contribution in [0.25, 0.3) is 0 Å². The molecule has 0 saturated heterocycles. The maximum Gasteiger partial charge on any atom is 0.371 e. The van der Waals surface area contributed by atoms with E-state index in [1.165, 1.54) is 17.8 Å². The summed E-state index contributed by atoms with van der Waals surface area (Å²) in [5.41, 5.74) is 5.57. The van der Waals surface area contributed by atoms with E-state index in [1.54, 1.807) is 17.7 Å². The molecule has 0 aliphatic heterocycles. The summed E-state index contributed by atoms with van der Waals surface area (Å²) >= 11 is 1.39. The van der Waals surface area contributed by atoms with E-state index in [4.69, 9.17) is 15.3 Å². The molecule has 7 nitrogen and oxygen atoms in total. The zero-order valence-corrected chi connectivity index (χ0v) is 10.6. The van der Waals surface area contributed by atoms with E-state index in [0.717, 1.165) is 0 Å². The van der Waals surface area contributed by atoms with Crippen molar-refractivity contribution in [3.05, 3.63) is 23.7 Å². The summed E-state index contributed by atoms with van der Waals surface area (Å²) in [6.07, 6.45) is 0. The summed E-state index contributed by atoms with van der Waals surface area (Å²) in [5.74, 6) is -0.259. The Hall–Kier alpha value is -1.96. The molecule has 2 rings (SSSR count). The van der Waals surface area contributed by atoms with E-state index >= 15 is 0 Å². The maximum atomic E-state index is 10.7. The molecule has 1 atom stereocenters. The first-order chi connectivity index (χ1) is 8.49. The van der Waals surface area contributed by atoms with Crippen LogP contribution in [0.1, 0.15) is 28.5 Å². The fourth-order valence-electron chi connectivity index (χ4n) is 1.33. The SMILES string of the molecule is CC(Sc1nnc(N)n1C)c1ccc(C(=O)O)o1. The van der Waals surface area contributed by atoms with Gasteiger partial charge in [-0.15, -0.1) is 10.2 Å². The van der Waals surface area contributed by atoms with Crippen molar-refractivity contribution in [1.82, 2.24) is 14.8 Å². The van der Waals surface area contributed by atoms with E-state index in [9.17, 15) is 4.79 Å². The molecule has 0 bridgehead atoms. The Morgan fingerprint density at radius 2 is 2.28 bits per heavy atom. The average Bonchev–Trinajstić information content (AvgIpc) is 2.91. The van der Waals surface area contributed by atoms with E-state index in [-0.39, 0.29) is 11.0 Å². The van der Waals surface area contributed by atoms with Crippen molar-refractivity contribution >= 4 is 23.7 Å². The lowest BCUT2D eigenvalue weighted by Gasteiger charge is -2.07. The van der Waals surface area contributed by atoms with Gasteiger partial charge in [0.05, 0.1) is 5.25 Å². The number of carboxylic acid groups (broad SMARTS) is 1. The number of aromatic carboxylic acids is 1. The lowest BCUT2D eigenvalue weighted by Crippen LogP contribution is -1.99. The van der Waals surface area contributed by atoms with Crippen LogP contribution in [0.15, 0.2) is 21.7 Å². The number of rotatable bonds is 4. The first kappa shape index (κ1) is 12.5. The van der Waals surface area contributed by atoms with E-state index in [0.29, 0.717) is 16.9 Å². The monoisotopic (exact) mass is 268 g/mol. The summed E-state index contributed by atoms with van der Waals surface area (Å²) in [6, 6.07) is 3.07. The maximum absolute atomic E-state index is 10.7. The summed E-state index contributed by atoms with van der Waals surface area (Å²) in [5, 5.41) is 17.0. The third-order valence-electron chi connectivity index (χ3n) is 2.39. The van der Waals surface area contributed by atoms with Gasteiger partial charge in [0.1, 0.15) is 5.76 Å². The Morgan fingerprint density at radius 1 is 1.56 bits per heavy atom. The third kappa shape index (κ3) is 2.33. The molecule has 0 saturated carbocycles. The number of aromatic nitrogens is 3. The fourth-order valence-corrected chi connectivity index (χ4v) is 2.23. The number of nitrogen functional groups attached to an aromatic ring is 1. The van der Waals surface area contributed by atoms with E-state index < -0.39 is 5.97 Å². The largest absolute Gasteiger partial charge is 0.475 e. The minimum absolute atomic E-state index is 0.0741. The standard InChI is InChI=1S/C10H12N4O3S/c1-5(6-3-4-7(17-6)8(15)16)18-10-13-12-9(11)14(10)2/h3-5H,1-2H3,(H2,11,12)(H,15,16). The van der Waals surface area contributed by atoms with Crippen LogP contribution in [0.2, 0.25) is 0 Å². The molecule has 0 spiro atoms. The fraction of sp³-hybridized carbons (Fsp3) is 0.300. The molecule has 0 amide bonds. The van der Waals surface area contributed by atoms with Gasteiger partial charge >= 0.3 is 5.97 Å². The lowest BCUT2D eigenvalue weighted by atomic mass is 10.3. The molecular weight excluding hydrogens is 256 g/mol. The third-order valence-corrected chi connectivity index (χ3v) is 3.54. The Balaban J connectivity index is 2.14. The predicted molar refractivity (Wildman–Crippen MR) is 65.4 cm³/mol. The van der Waals surface area contributed by atoms with Gasteiger partial charge < -0.3 is 15.3 Å². The van der Waals surface area contributed by atoms with E-state index in [2.05, 4.69) is 10.2 Å². The highest BCUT2D eigenvalue weighted by Crippen LogP contribution is 2.34. The highest BCUT2D eigenvalue weighted by Gasteiger charge is 2.18. The molecule has 8 heteroatoms. The number of carbonyl (C=O) groups is 1. The van der Waals surface area contributed by atoms with Gasteiger partial charge in [0.25, 0.3) is 0 Å². The van der Waals surface area contributed by atoms with Gasteiger partial charge in [0.2, 0.25) is 11.7 Å². The minimum Gasteiger partial charge on any atom is -0.475 e. The van der Waals surface area contributed by atoms with Crippen LogP contribution in [0.4, 0.5) is 5.95 Å². The van der Waals surface area contributed by atoms with Crippen LogP contribution in [-0.2, 0) is 7.05 Å². The molecule has 0 aliphatic rings. The number of furan rings is 1. The van der Waals surface area contributed by atoms with Crippen LogP contribution in [0.5, 0.6) is 0 Å². The van der Waals surface area contributed by atoms with Gasteiger partial charge in [-0.2, -0.15) is 0 Å². The van der Waals surface area contributed by atoms with Crippen LogP contribution in [0.3, 0.4) is 0 Å². The molecule has 2 heterocycles. The van der Waals surface area contributed by atoms with Crippen molar-refractivity contribution in [1.29, 1.82) is 0 Å². The van der Waals surface area contributed by atoms with Crippen molar-refractivity contribution in [3.63, 3.8) is 0 Å².